The van der Waals surface area contributed by atoms with E-state index in [-0.39, 0.29) is 5.91 Å². The molecule has 2 N–H and O–H groups in total. The van der Waals surface area contributed by atoms with Gasteiger partial charge in [-0.05, 0) is 93.8 Å². The Balaban J connectivity index is 1.01. The first kappa shape index (κ1) is 25.3. The van der Waals surface area contributed by atoms with Gasteiger partial charge in [-0.1, -0.05) is 43.2 Å². The molecule has 3 aliphatic rings. The summed E-state index contributed by atoms with van der Waals surface area (Å²) in [7, 11) is 0. The highest BCUT2D eigenvalue weighted by Crippen LogP contribution is 2.23. The number of carbonyl (C=O) groups excluding carboxylic acids is 1. The number of hydrogen-bond donors (Lipinski definition) is 2. The Hall–Kier alpha value is -2.37. The van der Waals surface area contributed by atoms with E-state index < -0.39 is 0 Å². The normalized spacial score (nSPS) is 22.1. The van der Waals surface area contributed by atoms with E-state index in [2.05, 4.69) is 62.9 Å². The van der Waals surface area contributed by atoms with Gasteiger partial charge in [0.25, 0.3) is 5.91 Å². The highest BCUT2D eigenvalue weighted by molar-refractivity contribution is 5.94. The van der Waals surface area contributed by atoms with Crippen LogP contribution >= 0.6 is 0 Å². The fraction of sp³-hybridized carbons (Fsp3) is 0.581. The van der Waals surface area contributed by atoms with Gasteiger partial charge in [0.15, 0.2) is 0 Å². The molecule has 0 bridgehead atoms. The summed E-state index contributed by atoms with van der Waals surface area (Å²) in [6.07, 6.45) is 10.9. The smallest absolute Gasteiger partial charge is 0.251 e. The number of nitrogens with one attached hydrogen (secondary N) is 2. The average Bonchev–Trinajstić information content (AvgIpc) is 3.45. The Kier molecular flexibility index (Phi) is 8.95. The highest BCUT2D eigenvalue weighted by Gasteiger charge is 2.24. The monoisotopic (exact) mass is 488 g/mol. The molecule has 5 heteroatoms. The van der Waals surface area contributed by atoms with Crippen molar-refractivity contribution in [1.29, 1.82) is 0 Å². The zero-order chi connectivity index (χ0) is 24.6. The zero-order valence-electron chi connectivity index (χ0n) is 21.8. The second-order valence-electron chi connectivity index (χ2n) is 11.2. The Morgan fingerprint density at radius 3 is 2.31 bits per heavy atom. The van der Waals surface area contributed by atoms with Crippen LogP contribution in [0, 0.1) is 5.92 Å². The maximum atomic E-state index is 12.5. The van der Waals surface area contributed by atoms with Gasteiger partial charge in [-0.25, -0.2) is 0 Å². The predicted octanol–water partition coefficient (Wildman–Crippen LogP) is 4.87. The van der Waals surface area contributed by atoms with Crippen molar-refractivity contribution < 1.29 is 4.79 Å². The van der Waals surface area contributed by atoms with E-state index in [1.807, 2.05) is 12.1 Å². The first-order valence-electron chi connectivity index (χ1n) is 14.4. The van der Waals surface area contributed by atoms with E-state index in [4.69, 9.17) is 0 Å². The average molecular weight is 489 g/mol. The number of benzene rings is 2. The largest absolute Gasteiger partial charge is 0.371 e. The van der Waals surface area contributed by atoms with Crippen molar-refractivity contribution in [1.82, 2.24) is 15.5 Å². The summed E-state index contributed by atoms with van der Waals surface area (Å²) >= 11 is 0. The number of carbonyl (C=O) groups is 1. The summed E-state index contributed by atoms with van der Waals surface area (Å²) in [5.41, 5.74) is 3.48. The van der Waals surface area contributed by atoms with Crippen LogP contribution in [0.4, 0.5) is 5.69 Å². The molecule has 5 nitrogen and oxygen atoms in total. The predicted molar refractivity (Wildman–Crippen MR) is 149 cm³/mol. The Morgan fingerprint density at radius 1 is 0.806 bits per heavy atom. The van der Waals surface area contributed by atoms with Crippen molar-refractivity contribution in [2.45, 2.75) is 69.9 Å². The van der Waals surface area contributed by atoms with Crippen LogP contribution in [-0.4, -0.2) is 62.2 Å². The summed E-state index contributed by atoms with van der Waals surface area (Å²) in [4.78, 5) is 17.7. The standard InChI is InChI=1S/C31H44N4O/c36-31(33-29-10-4-5-11-29)27-12-14-30(15-13-27)35-21-17-28(18-22-35)32-23-26-9-6-19-34(24-26)20-16-25-7-2-1-3-8-25/h1-3,7-8,12-15,26,28-29,32H,4-6,9-11,16-24H2,(H,33,36)/t26-/m1/s1. The van der Waals surface area contributed by atoms with Crippen LogP contribution in [0.25, 0.3) is 0 Å². The van der Waals surface area contributed by atoms with Crippen molar-refractivity contribution in [3.05, 3.63) is 65.7 Å². The molecule has 0 unspecified atom stereocenters. The second-order valence-corrected chi connectivity index (χ2v) is 11.2. The van der Waals surface area contributed by atoms with Crippen molar-refractivity contribution in [2.24, 2.45) is 5.92 Å². The number of anilines is 1. The van der Waals surface area contributed by atoms with Crippen molar-refractivity contribution >= 4 is 11.6 Å². The number of hydrogen-bond acceptors (Lipinski definition) is 4. The summed E-state index contributed by atoms with van der Waals surface area (Å²) < 4.78 is 0. The molecule has 3 fully saturated rings. The van der Waals surface area contributed by atoms with Gasteiger partial charge in [0.2, 0.25) is 0 Å². The van der Waals surface area contributed by atoms with E-state index in [0.717, 1.165) is 50.4 Å². The first-order chi connectivity index (χ1) is 17.7. The number of amides is 1. The van der Waals surface area contributed by atoms with Gasteiger partial charge in [0.05, 0.1) is 0 Å². The quantitative estimate of drug-likeness (QED) is 0.529. The van der Waals surface area contributed by atoms with E-state index in [0.29, 0.717) is 12.1 Å². The molecule has 194 valence electrons. The molecule has 1 amide bonds. The molecular weight excluding hydrogens is 444 g/mol. The van der Waals surface area contributed by atoms with Crippen molar-refractivity contribution in [3.8, 4) is 0 Å². The lowest BCUT2D eigenvalue weighted by molar-refractivity contribution is 0.0938. The topological polar surface area (TPSA) is 47.6 Å². The Labute approximate surface area is 217 Å². The third-order valence-corrected chi connectivity index (χ3v) is 8.54. The molecule has 2 aromatic rings. The third-order valence-electron chi connectivity index (χ3n) is 8.54. The molecule has 1 atom stereocenters. The molecule has 2 saturated heterocycles. The maximum Gasteiger partial charge on any atom is 0.251 e. The van der Waals surface area contributed by atoms with Gasteiger partial charge in [-0.3, -0.25) is 4.79 Å². The number of nitrogens with zero attached hydrogens (tertiary/aromatic N) is 2. The maximum absolute atomic E-state index is 12.5. The lowest BCUT2D eigenvalue weighted by Gasteiger charge is -2.36. The lowest BCUT2D eigenvalue weighted by Crippen LogP contribution is -2.46. The van der Waals surface area contributed by atoms with Gasteiger partial charge in [-0.15, -0.1) is 0 Å². The summed E-state index contributed by atoms with van der Waals surface area (Å²) in [6, 6.07) is 20.1. The Bertz CT molecular complexity index is 933. The van der Waals surface area contributed by atoms with Gasteiger partial charge in [0.1, 0.15) is 0 Å². The molecule has 1 aliphatic carbocycles. The van der Waals surface area contributed by atoms with Gasteiger partial charge in [0, 0.05) is 49.5 Å². The second kappa shape index (κ2) is 12.7. The van der Waals surface area contributed by atoms with Crippen LogP contribution in [-0.2, 0) is 6.42 Å². The zero-order valence-corrected chi connectivity index (χ0v) is 21.8. The molecule has 2 aliphatic heterocycles. The Morgan fingerprint density at radius 2 is 1.56 bits per heavy atom. The van der Waals surface area contributed by atoms with Crippen molar-refractivity contribution in [3.63, 3.8) is 0 Å². The third kappa shape index (κ3) is 7.10. The molecule has 0 spiro atoms. The van der Waals surface area contributed by atoms with E-state index in [1.54, 1.807) is 0 Å². The molecule has 0 aromatic heterocycles. The lowest BCUT2D eigenvalue weighted by atomic mass is 9.96. The van der Waals surface area contributed by atoms with Crippen LogP contribution in [0.3, 0.4) is 0 Å². The van der Waals surface area contributed by atoms with E-state index >= 15 is 0 Å². The van der Waals surface area contributed by atoms with Crippen LogP contribution in [0.15, 0.2) is 54.6 Å². The summed E-state index contributed by atoms with van der Waals surface area (Å²) in [5.74, 6) is 0.855. The van der Waals surface area contributed by atoms with Crippen LogP contribution in [0.2, 0.25) is 0 Å². The summed E-state index contributed by atoms with van der Waals surface area (Å²) in [5, 5.41) is 7.10. The first-order valence-corrected chi connectivity index (χ1v) is 14.4. The van der Waals surface area contributed by atoms with Gasteiger partial charge < -0.3 is 20.4 Å². The minimum atomic E-state index is 0.0812. The highest BCUT2D eigenvalue weighted by atomic mass is 16.1. The molecule has 0 radical (unpaired) electrons. The van der Waals surface area contributed by atoms with Crippen molar-refractivity contribution in [2.75, 3.05) is 44.2 Å². The molecule has 2 heterocycles. The SMILES string of the molecule is O=C(NC1CCCC1)c1ccc(N2CCC(NC[C@H]3CCCN(CCc4ccccc4)C3)CC2)cc1. The fourth-order valence-corrected chi connectivity index (χ4v) is 6.29. The minimum Gasteiger partial charge on any atom is -0.371 e. The molecule has 2 aromatic carbocycles. The summed E-state index contributed by atoms with van der Waals surface area (Å²) in [6.45, 7) is 6.98. The molecular formula is C31H44N4O. The molecule has 5 rings (SSSR count). The number of likely N-dealkylation sites (tertiary alicyclic amines) is 1. The number of rotatable bonds is 9. The fourth-order valence-electron chi connectivity index (χ4n) is 6.29. The minimum absolute atomic E-state index is 0.0812. The molecule has 1 saturated carbocycles. The van der Waals surface area contributed by atoms with E-state index in [1.165, 1.54) is 69.4 Å². The van der Waals surface area contributed by atoms with Gasteiger partial charge in [-0.2, -0.15) is 0 Å². The van der Waals surface area contributed by atoms with E-state index in [9.17, 15) is 4.79 Å². The van der Waals surface area contributed by atoms with Crippen LogP contribution in [0.5, 0.6) is 0 Å². The van der Waals surface area contributed by atoms with Gasteiger partial charge >= 0.3 is 0 Å². The number of piperidine rings is 2. The van der Waals surface area contributed by atoms with Crippen LogP contribution in [0.1, 0.15) is 67.3 Å². The van der Waals surface area contributed by atoms with Crippen LogP contribution < -0.4 is 15.5 Å². The molecule has 36 heavy (non-hydrogen) atoms.